The average molecular weight is 223 g/mol. The maximum atomic E-state index is 11.7. The zero-order valence-electron chi connectivity index (χ0n) is 9.19. The smallest absolute Gasteiger partial charge is 0.154 e. The molecular weight excluding hydrogens is 202 g/mol. The van der Waals surface area contributed by atoms with Crippen molar-refractivity contribution in [3.63, 3.8) is 0 Å². The predicted molar refractivity (Wildman–Crippen MR) is 58.0 cm³/mol. The molecule has 2 N–H and O–H groups in total. The zero-order valence-corrected chi connectivity index (χ0v) is 10.0. The first-order valence-corrected chi connectivity index (χ1v) is 6.63. The van der Waals surface area contributed by atoms with Crippen LogP contribution in [0, 0.1) is 0 Å². The Morgan fingerprint density at radius 3 is 2.43 bits per heavy atom. The molecule has 0 aliphatic heterocycles. The van der Waals surface area contributed by atoms with Crippen LogP contribution < -0.4 is 5.73 Å². The normalized spacial score (nSPS) is 16.6. The summed E-state index contributed by atoms with van der Waals surface area (Å²) in [6, 6.07) is -0.262. The maximum absolute atomic E-state index is 11.7. The van der Waals surface area contributed by atoms with Crippen LogP contribution in [0.2, 0.25) is 0 Å². The van der Waals surface area contributed by atoms with Gasteiger partial charge in [-0.1, -0.05) is 6.92 Å². The van der Waals surface area contributed by atoms with Gasteiger partial charge in [-0.3, -0.25) is 0 Å². The van der Waals surface area contributed by atoms with Crippen molar-refractivity contribution in [2.45, 2.75) is 38.0 Å². The zero-order chi connectivity index (χ0) is 11.2. The predicted octanol–water partition coefficient (Wildman–Crippen LogP) is 0.563. The van der Waals surface area contributed by atoms with Gasteiger partial charge in [0.15, 0.2) is 9.84 Å². The van der Waals surface area contributed by atoms with Crippen molar-refractivity contribution in [2.24, 2.45) is 5.73 Å². The lowest BCUT2D eigenvalue weighted by molar-refractivity contribution is 0.199. The largest absolute Gasteiger partial charge is 0.385 e. The maximum Gasteiger partial charge on any atom is 0.154 e. The highest BCUT2D eigenvalue weighted by Gasteiger charge is 2.25. The van der Waals surface area contributed by atoms with E-state index in [9.17, 15) is 8.42 Å². The molecule has 4 nitrogen and oxygen atoms in total. The molecule has 2 unspecified atom stereocenters. The number of hydrogen-bond donors (Lipinski definition) is 1. The van der Waals surface area contributed by atoms with Crippen LogP contribution in [0.15, 0.2) is 0 Å². The molecule has 5 heteroatoms. The van der Waals surface area contributed by atoms with E-state index in [0.717, 1.165) is 0 Å². The summed E-state index contributed by atoms with van der Waals surface area (Å²) in [6.45, 7) is 4.05. The lowest BCUT2D eigenvalue weighted by Gasteiger charge is -2.18. The quantitative estimate of drug-likeness (QED) is 0.640. The van der Waals surface area contributed by atoms with Crippen LogP contribution in [-0.4, -0.2) is 39.2 Å². The second-order valence-corrected chi connectivity index (χ2v) is 5.97. The Kier molecular flexibility index (Phi) is 6.31. The molecule has 0 aromatic carbocycles. The van der Waals surface area contributed by atoms with E-state index < -0.39 is 15.1 Å². The highest BCUT2D eigenvalue weighted by Crippen LogP contribution is 2.09. The van der Waals surface area contributed by atoms with Gasteiger partial charge in [0, 0.05) is 19.8 Å². The van der Waals surface area contributed by atoms with Crippen molar-refractivity contribution in [3.05, 3.63) is 0 Å². The van der Waals surface area contributed by atoms with Crippen LogP contribution in [0.3, 0.4) is 0 Å². The van der Waals surface area contributed by atoms with Gasteiger partial charge < -0.3 is 10.5 Å². The summed E-state index contributed by atoms with van der Waals surface area (Å²) in [5.74, 6) is 0.162. The first kappa shape index (κ1) is 13.9. The summed E-state index contributed by atoms with van der Waals surface area (Å²) < 4.78 is 28.1. The topological polar surface area (TPSA) is 69.4 Å². The minimum absolute atomic E-state index is 0.162. The van der Waals surface area contributed by atoms with E-state index in [4.69, 9.17) is 10.5 Å². The van der Waals surface area contributed by atoms with Gasteiger partial charge in [-0.2, -0.15) is 0 Å². The van der Waals surface area contributed by atoms with Crippen molar-refractivity contribution in [2.75, 3.05) is 19.5 Å². The second-order valence-electron chi connectivity index (χ2n) is 3.49. The number of methoxy groups -OCH3 is 1. The Bertz CT molecular complexity index is 238. The third-order valence-electron chi connectivity index (χ3n) is 2.42. The van der Waals surface area contributed by atoms with E-state index in [1.165, 1.54) is 0 Å². The van der Waals surface area contributed by atoms with E-state index >= 15 is 0 Å². The Hall–Kier alpha value is -0.130. The van der Waals surface area contributed by atoms with E-state index in [0.29, 0.717) is 19.4 Å². The highest BCUT2D eigenvalue weighted by molar-refractivity contribution is 7.92. The molecule has 0 saturated heterocycles. The molecule has 0 aromatic heterocycles. The lowest BCUT2D eigenvalue weighted by Crippen LogP contribution is -2.39. The molecule has 2 atom stereocenters. The van der Waals surface area contributed by atoms with Gasteiger partial charge >= 0.3 is 0 Å². The summed E-state index contributed by atoms with van der Waals surface area (Å²) in [7, 11) is -1.49. The summed E-state index contributed by atoms with van der Waals surface area (Å²) in [5.41, 5.74) is 5.70. The van der Waals surface area contributed by atoms with Crippen molar-refractivity contribution in [1.29, 1.82) is 0 Å². The fourth-order valence-corrected chi connectivity index (χ4v) is 2.81. The van der Waals surface area contributed by atoms with Crippen LogP contribution in [0.25, 0.3) is 0 Å². The molecule has 86 valence electrons. The summed E-state index contributed by atoms with van der Waals surface area (Å²) in [6.07, 6.45) is 1.23. The van der Waals surface area contributed by atoms with Crippen molar-refractivity contribution in [1.82, 2.24) is 0 Å². The fraction of sp³-hybridized carbons (Fsp3) is 1.00. The Morgan fingerprint density at radius 1 is 1.43 bits per heavy atom. The van der Waals surface area contributed by atoms with Crippen LogP contribution in [-0.2, 0) is 14.6 Å². The van der Waals surface area contributed by atoms with Gasteiger partial charge in [-0.05, 0) is 19.8 Å². The Labute approximate surface area is 86.7 Å². The van der Waals surface area contributed by atoms with Gasteiger partial charge in [-0.15, -0.1) is 0 Å². The number of sulfone groups is 1. The van der Waals surface area contributed by atoms with Crippen molar-refractivity contribution >= 4 is 9.84 Å². The molecule has 0 rings (SSSR count). The minimum atomic E-state index is -3.05. The van der Waals surface area contributed by atoms with Crippen LogP contribution in [0.5, 0.6) is 0 Å². The van der Waals surface area contributed by atoms with Gasteiger partial charge in [-0.25, -0.2) is 8.42 Å². The standard InChI is InChI=1S/C9H21NO3S/c1-4-9(10)8(2)14(11,12)7-5-6-13-3/h8-9H,4-7,10H2,1-3H3. The van der Waals surface area contributed by atoms with Crippen LogP contribution in [0.4, 0.5) is 0 Å². The second kappa shape index (κ2) is 6.37. The van der Waals surface area contributed by atoms with Gasteiger partial charge in [0.1, 0.15) is 0 Å². The van der Waals surface area contributed by atoms with Gasteiger partial charge in [0.25, 0.3) is 0 Å². The summed E-state index contributed by atoms with van der Waals surface area (Å²) in [4.78, 5) is 0. The molecule has 14 heavy (non-hydrogen) atoms. The fourth-order valence-electron chi connectivity index (χ4n) is 1.19. The van der Waals surface area contributed by atoms with Crippen LogP contribution >= 0.6 is 0 Å². The van der Waals surface area contributed by atoms with Gasteiger partial charge in [0.05, 0.1) is 11.0 Å². The number of hydrogen-bond acceptors (Lipinski definition) is 4. The molecule has 0 saturated carbocycles. The SMILES string of the molecule is CCC(N)C(C)S(=O)(=O)CCCOC. The van der Waals surface area contributed by atoms with E-state index in [-0.39, 0.29) is 11.8 Å². The molecule has 0 bridgehead atoms. The molecular formula is C9H21NO3S. The number of ether oxygens (including phenoxy) is 1. The molecule has 0 aromatic rings. The van der Waals surface area contributed by atoms with E-state index in [1.807, 2.05) is 6.92 Å². The Balaban J connectivity index is 4.17. The molecule has 0 radical (unpaired) electrons. The van der Waals surface area contributed by atoms with E-state index in [1.54, 1.807) is 14.0 Å². The van der Waals surface area contributed by atoms with Crippen LogP contribution in [0.1, 0.15) is 26.7 Å². The molecule has 0 aliphatic carbocycles. The third kappa shape index (κ3) is 4.39. The average Bonchev–Trinajstić information content (AvgIpc) is 2.15. The highest BCUT2D eigenvalue weighted by atomic mass is 32.2. The first-order chi connectivity index (χ1) is 6.45. The lowest BCUT2D eigenvalue weighted by atomic mass is 10.2. The monoisotopic (exact) mass is 223 g/mol. The molecule has 0 spiro atoms. The Morgan fingerprint density at radius 2 is 2.00 bits per heavy atom. The molecule has 0 heterocycles. The van der Waals surface area contributed by atoms with Gasteiger partial charge in [0.2, 0.25) is 0 Å². The first-order valence-electron chi connectivity index (χ1n) is 4.91. The number of rotatable bonds is 7. The third-order valence-corrected chi connectivity index (χ3v) is 4.76. The molecule has 0 aliphatic rings. The van der Waals surface area contributed by atoms with E-state index in [2.05, 4.69) is 0 Å². The minimum Gasteiger partial charge on any atom is -0.385 e. The summed E-state index contributed by atoms with van der Waals surface area (Å²) >= 11 is 0. The van der Waals surface area contributed by atoms with Crippen molar-refractivity contribution in [3.8, 4) is 0 Å². The molecule has 0 amide bonds. The summed E-state index contributed by atoms with van der Waals surface area (Å²) in [5, 5.41) is -0.454. The number of nitrogens with two attached hydrogens (primary N) is 1. The molecule has 0 fully saturated rings. The van der Waals surface area contributed by atoms with Crippen molar-refractivity contribution < 1.29 is 13.2 Å².